The van der Waals surface area contributed by atoms with Crippen LogP contribution in [0.1, 0.15) is 19.3 Å². The van der Waals surface area contributed by atoms with Gasteiger partial charge in [-0.3, -0.25) is 4.84 Å². The van der Waals surface area contributed by atoms with Crippen molar-refractivity contribution in [3.63, 3.8) is 0 Å². The summed E-state index contributed by atoms with van der Waals surface area (Å²) < 4.78 is 0. The van der Waals surface area contributed by atoms with Crippen LogP contribution >= 0.6 is 0 Å². The van der Waals surface area contributed by atoms with Crippen molar-refractivity contribution in [1.82, 2.24) is 5.48 Å². The summed E-state index contributed by atoms with van der Waals surface area (Å²) in [7, 11) is 6.40. The third-order valence-electron chi connectivity index (χ3n) is 1.28. The first-order valence-corrected chi connectivity index (χ1v) is 2.51. The van der Waals surface area contributed by atoms with Crippen LogP contribution in [0.5, 0.6) is 0 Å². The van der Waals surface area contributed by atoms with Crippen LogP contribution in [0.25, 0.3) is 0 Å². The molecule has 1 aliphatic carbocycles. The van der Waals surface area contributed by atoms with Gasteiger partial charge in [0.15, 0.2) is 0 Å². The van der Waals surface area contributed by atoms with Crippen molar-refractivity contribution in [2.24, 2.45) is 0 Å². The van der Waals surface area contributed by atoms with Crippen molar-refractivity contribution in [3.05, 3.63) is 7.05 Å². The van der Waals surface area contributed by atoms with Crippen LogP contribution in [-0.2, 0) is 4.84 Å². The number of nitrogens with one attached hydrogen (secondary N) is 1. The van der Waals surface area contributed by atoms with Gasteiger partial charge in [-0.05, 0) is 19.3 Å². The van der Waals surface area contributed by atoms with E-state index in [1.807, 2.05) is 5.48 Å². The Morgan fingerprint density at radius 1 is 1.57 bits per heavy atom. The summed E-state index contributed by atoms with van der Waals surface area (Å²) in [6.45, 7) is 0. The Kier molecular flexibility index (Phi) is 1.65. The molecule has 0 spiro atoms. The Bertz CT molecular complexity index is 52.0. The van der Waals surface area contributed by atoms with E-state index in [0.717, 1.165) is 12.8 Å². The molecule has 0 heterocycles. The highest BCUT2D eigenvalue weighted by atomic mass is 16.7. The first-order chi connectivity index (χ1) is 3.43. The van der Waals surface area contributed by atoms with E-state index >= 15 is 0 Å². The normalized spacial score (nSPS) is 21.9. The summed E-state index contributed by atoms with van der Waals surface area (Å²) >= 11 is 0. The maximum atomic E-state index is 6.40. The van der Waals surface area contributed by atoms with E-state index in [9.17, 15) is 0 Å². The maximum absolute atomic E-state index is 6.40. The molecule has 0 bridgehead atoms. The van der Waals surface area contributed by atoms with Crippen molar-refractivity contribution in [2.45, 2.75) is 25.4 Å². The minimum atomic E-state index is 0.331. The minimum Gasteiger partial charge on any atom is -0.298 e. The topological polar surface area (TPSA) is 21.3 Å². The van der Waals surface area contributed by atoms with Crippen LogP contribution in [0, 0.1) is 7.05 Å². The van der Waals surface area contributed by atoms with Crippen LogP contribution in [0.3, 0.4) is 0 Å². The molecule has 0 saturated heterocycles. The van der Waals surface area contributed by atoms with E-state index in [1.165, 1.54) is 6.42 Å². The first kappa shape index (κ1) is 5.06. The van der Waals surface area contributed by atoms with Gasteiger partial charge in [-0.25, -0.2) is 0 Å². The van der Waals surface area contributed by atoms with Crippen LogP contribution in [0.15, 0.2) is 0 Å². The smallest absolute Gasteiger partial charge is 0.116 e. The summed E-state index contributed by atoms with van der Waals surface area (Å²) in [5.41, 5.74) is 1.92. The van der Waals surface area contributed by atoms with Crippen molar-refractivity contribution in [1.29, 1.82) is 0 Å². The van der Waals surface area contributed by atoms with E-state index in [2.05, 4.69) is 0 Å². The molecule has 1 fully saturated rings. The molecule has 0 unspecified atom stereocenters. The van der Waals surface area contributed by atoms with Gasteiger partial charge in [0, 0.05) is 0 Å². The average Bonchev–Trinajstić information content (AvgIpc) is 1.55. The van der Waals surface area contributed by atoms with Gasteiger partial charge in [0.25, 0.3) is 0 Å². The van der Waals surface area contributed by atoms with E-state index in [1.54, 1.807) is 0 Å². The van der Waals surface area contributed by atoms with Crippen molar-refractivity contribution in [3.8, 4) is 0 Å². The molecule has 0 atom stereocenters. The fourth-order valence-corrected chi connectivity index (χ4v) is 0.572. The SMILES string of the molecule is [C]NOC1CCC1. The average molecular weight is 98.1 g/mol. The molecule has 39 valence electrons. The fourth-order valence-electron chi connectivity index (χ4n) is 0.572. The van der Waals surface area contributed by atoms with Crippen molar-refractivity contribution in [2.75, 3.05) is 0 Å². The van der Waals surface area contributed by atoms with E-state index in [-0.39, 0.29) is 0 Å². The molecule has 1 saturated carbocycles. The molecule has 0 aromatic rings. The zero-order chi connectivity index (χ0) is 5.11. The summed E-state index contributed by atoms with van der Waals surface area (Å²) in [6.07, 6.45) is 3.82. The molecule has 1 rings (SSSR count). The third-order valence-corrected chi connectivity index (χ3v) is 1.28. The molecule has 0 amide bonds. The second kappa shape index (κ2) is 2.28. The third kappa shape index (κ3) is 1.14. The van der Waals surface area contributed by atoms with E-state index in [0.29, 0.717) is 6.10 Å². The zero-order valence-electron chi connectivity index (χ0n) is 4.11. The lowest BCUT2D eigenvalue weighted by Gasteiger charge is -2.23. The van der Waals surface area contributed by atoms with E-state index < -0.39 is 0 Å². The molecule has 7 heavy (non-hydrogen) atoms. The zero-order valence-corrected chi connectivity index (χ0v) is 4.11. The Morgan fingerprint density at radius 2 is 2.29 bits per heavy atom. The Morgan fingerprint density at radius 3 is 2.43 bits per heavy atom. The summed E-state index contributed by atoms with van der Waals surface area (Å²) in [4.78, 5) is 4.69. The minimum absolute atomic E-state index is 0.331. The lowest BCUT2D eigenvalue weighted by atomic mass is 9.97. The summed E-state index contributed by atoms with van der Waals surface area (Å²) in [5, 5.41) is 0. The quantitative estimate of drug-likeness (QED) is 0.511. The second-order valence-electron chi connectivity index (χ2n) is 1.77. The van der Waals surface area contributed by atoms with Crippen LogP contribution in [-0.4, -0.2) is 6.10 Å². The molecule has 0 aliphatic heterocycles. The molecular formula is C5H8NO. The van der Waals surface area contributed by atoms with Gasteiger partial charge in [-0.2, -0.15) is 5.48 Å². The lowest BCUT2D eigenvalue weighted by Crippen LogP contribution is -2.25. The van der Waals surface area contributed by atoms with Crippen LogP contribution in [0.2, 0.25) is 0 Å². The standard InChI is InChI=1S/C5H8NO/c1-6-7-5-3-2-4-5/h5-6H,2-4H2. The lowest BCUT2D eigenvalue weighted by molar-refractivity contribution is -0.0449. The molecular weight excluding hydrogens is 90.1 g/mol. The molecule has 2 nitrogen and oxygen atoms in total. The monoisotopic (exact) mass is 98.1 g/mol. The second-order valence-corrected chi connectivity index (χ2v) is 1.77. The van der Waals surface area contributed by atoms with Gasteiger partial charge in [0.2, 0.25) is 0 Å². The molecule has 0 aromatic carbocycles. The van der Waals surface area contributed by atoms with E-state index in [4.69, 9.17) is 11.9 Å². The predicted octanol–water partition coefficient (Wildman–Crippen LogP) is 0.606. The van der Waals surface area contributed by atoms with Crippen LogP contribution < -0.4 is 5.48 Å². The Balaban J connectivity index is 1.93. The van der Waals surface area contributed by atoms with Gasteiger partial charge >= 0.3 is 0 Å². The van der Waals surface area contributed by atoms with Crippen molar-refractivity contribution >= 4 is 0 Å². The Hall–Kier alpha value is -0.0800. The maximum Gasteiger partial charge on any atom is 0.116 e. The van der Waals surface area contributed by atoms with Gasteiger partial charge in [-0.15, -0.1) is 0 Å². The van der Waals surface area contributed by atoms with Crippen LogP contribution in [0.4, 0.5) is 0 Å². The van der Waals surface area contributed by atoms with Gasteiger partial charge < -0.3 is 0 Å². The number of hydroxylamine groups is 1. The highest BCUT2D eigenvalue weighted by molar-refractivity contribution is 4.67. The molecule has 1 aliphatic rings. The summed E-state index contributed by atoms with van der Waals surface area (Å²) in [5.74, 6) is 0. The molecule has 0 aromatic heterocycles. The summed E-state index contributed by atoms with van der Waals surface area (Å²) in [6, 6.07) is 0. The largest absolute Gasteiger partial charge is 0.298 e. The molecule has 1 N–H and O–H groups in total. The Labute approximate surface area is 43.8 Å². The highest BCUT2D eigenvalue weighted by Gasteiger charge is 2.16. The molecule has 2 heteroatoms. The van der Waals surface area contributed by atoms with Gasteiger partial charge in [0.05, 0.1) is 6.10 Å². The number of rotatable bonds is 2. The molecule has 3 radical (unpaired) electrons. The van der Waals surface area contributed by atoms with Gasteiger partial charge in [0.1, 0.15) is 7.05 Å². The fraction of sp³-hybridized carbons (Fsp3) is 0.800. The number of hydrogen-bond donors (Lipinski definition) is 1. The van der Waals surface area contributed by atoms with Gasteiger partial charge in [-0.1, -0.05) is 0 Å². The number of hydrogen-bond acceptors (Lipinski definition) is 2. The first-order valence-electron chi connectivity index (χ1n) is 2.51. The predicted molar refractivity (Wildman–Crippen MR) is 25.1 cm³/mol. The van der Waals surface area contributed by atoms with Crippen molar-refractivity contribution < 1.29 is 4.84 Å². The highest BCUT2D eigenvalue weighted by Crippen LogP contribution is 2.20.